The first-order chi connectivity index (χ1) is 7.74. The first kappa shape index (κ1) is 11.4. The van der Waals surface area contributed by atoms with Crippen molar-refractivity contribution in [3.63, 3.8) is 0 Å². The summed E-state index contributed by atoms with van der Waals surface area (Å²) >= 11 is 0. The summed E-state index contributed by atoms with van der Waals surface area (Å²) in [5.41, 5.74) is 0. The van der Waals surface area contributed by atoms with Gasteiger partial charge in [0.05, 0.1) is 6.07 Å². The molecular weight excluding hydrogens is 200 g/mol. The molecule has 0 radical (unpaired) electrons. The molecule has 1 aliphatic heterocycles. The van der Waals surface area contributed by atoms with Crippen molar-refractivity contribution in [2.24, 2.45) is 11.8 Å². The Morgan fingerprint density at radius 2 is 2.00 bits per heavy atom. The molecule has 2 aliphatic rings. The minimum absolute atomic E-state index is 0.0527. The zero-order chi connectivity index (χ0) is 11.5. The molecule has 0 N–H and O–H groups in total. The molecule has 2 rings (SSSR count). The maximum absolute atomic E-state index is 12.0. The first-order valence-corrected chi connectivity index (χ1v) is 6.44. The SMILES string of the molecule is CC(C#N)C(=O)N1CCCC1C1CCCC1. The fraction of sp³-hybridized carbons (Fsp3) is 0.846. The average Bonchev–Trinajstić information content (AvgIpc) is 2.95. The van der Waals surface area contributed by atoms with Crippen molar-refractivity contribution >= 4 is 5.91 Å². The molecule has 0 aromatic rings. The molecule has 1 saturated heterocycles. The van der Waals surface area contributed by atoms with Crippen LogP contribution in [0, 0.1) is 23.2 Å². The number of likely N-dealkylation sites (tertiary alicyclic amines) is 1. The number of amides is 1. The summed E-state index contributed by atoms with van der Waals surface area (Å²) < 4.78 is 0. The lowest BCUT2D eigenvalue weighted by molar-refractivity contribution is -0.135. The third kappa shape index (κ3) is 2.07. The van der Waals surface area contributed by atoms with Crippen LogP contribution in [0.2, 0.25) is 0 Å². The van der Waals surface area contributed by atoms with Crippen LogP contribution in [0.5, 0.6) is 0 Å². The van der Waals surface area contributed by atoms with E-state index in [9.17, 15) is 4.79 Å². The highest BCUT2D eigenvalue weighted by Gasteiger charge is 2.37. The summed E-state index contributed by atoms with van der Waals surface area (Å²) in [6.07, 6.45) is 7.44. The highest BCUT2D eigenvalue weighted by Crippen LogP contribution is 2.35. The average molecular weight is 220 g/mol. The minimum atomic E-state index is -0.470. The van der Waals surface area contributed by atoms with Gasteiger partial charge in [0.1, 0.15) is 5.92 Å². The highest BCUT2D eigenvalue weighted by molar-refractivity contribution is 5.81. The van der Waals surface area contributed by atoms with Gasteiger partial charge in [-0.25, -0.2) is 0 Å². The molecule has 1 saturated carbocycles. The van der Waals surface area contributed by atoms with E-state index in [1.807, 2.05) is 4.90 Å². The van der Waals surface area contributed by atoms with Crippen LogP contribution < -0.4 is 0 Å². The number of nitrogens with zero attached hydrogens (tertiary/aromatic N) is 2. The smallest absolute Gasteiger partial charge is 0.239 e. The molecule has 2 fully saturated rings. The molecule has 1 amide bonds. The van der Waals surface area contributed by atoms with Crippen LogP contribution in [0.1, 0.15) is 45.4 Å². The molecule has 88 valence electrons. The van der Waals surface area contributed by atoms with Crippen molar-refractivity contribution in [2.75, 3.05) is 6.54 Å². The maximum Gasteiger partial charge on any atom is 0.239 e. The zero-order valence-electron chi connectivity index (χ0n) is 9.98. The fourth-order valence-electron chi connectivity index (χ4n) is 3.20. The van der Waals surface area contributed by atoms with E-state index in [4.69, 9.17) is 5.26 Å². The van der Waals surface area contributed by atoms with Crippen molar-refractivity contribution in [1.82, 2.24) is 4.90 Å². The Morgan fingerprint density at radius 1 is 1.31 bits per heavy atom. The summed E-state index contributed by atoms with van der Waals surface area (Å²) in [6, 6.07) is 2.50. The van der Waals surface area contributed by atoms with Gasteiger partial charge in [-0.2, -0.15) is 5.26 Å². The van der Waals surface area contributed by atoms with Crippen LogP contribution in [0.25, 0.3) is 0 Å². The Labute approximate surface area is 97.4 Å². The van der Waals surface area contributed by atoms with Gasteiger partial charge in [-0.15, -0.1) is 0 Å². The number of rotatable bonds is 2. The molecule has 0 spiro atoms. The molecule has 0 aromatic heterocycles. The van der Waals surface area contributed by atoms with Gasteiger partial charge in [0.2, 0.25) is 5.91 Å². The second kappa shape index (κ2) is 4.86. The predicted molar refractivity (Wildman–Crippen MR) is 61.5 cm³/mol. The summed E-state index contributed by atoms with van der Waals surface area (Å²) in [6.45, 7) is 2.58. The van der Waals surface area contributed by atoms with E-state index in [1.165, 1.54) is 25.7 Å². The van der Waals surface area contributed by atoms with Crippen LogP contribution >= 0.6 is 0 Å². The van der Waals surface area contributed by atoms with E-state index in [-0.39, 0.29) is 5.91 Å². The molecule has 3 nitrogen and oxygen atoms in total. The Hall–Kier alpha value is -1.04. The number of nitriles is 1. The predicted octanol–water partition coefficient (Wildman–Crippen LogP) is 2.33. The maximum atomic E-state index is 12.0. The normalized spacial score (nSPS) is 28.0. The minimum Gasteiger partial charge on any atom is -0.338 e. The number of carbonyl (C=O) groups is 1. The van der Waals surface area contributed by atoms with Crippen molar-refractivity contribution in [2.45, 2.75) is 51.5 Å². The Kier molecular flexibility index (Phi) is 3.48. The Bertz CT molecular complexity index is 302. The third-order valence-corrected chi connectivity index (χ3v) is 4.09. The van der Waals surface area contributed by atoms with Gasteiger partial charge in [-0.1, -0.05) is 12.8 Å². The largest absolute Gasteiger partial charge is 0.338 e. The van der Waals surface area contributed by atoms with E-state index in [0.29, 0.717) is 12.0 Å². The van der Waals surface area contributed by atoms with Crippen molar-refractivity contribution in [3.05, 3.63) is 0 Å². The van der Waals surface area contributed by atoms with Crippen molar-refractivity contribution in [1.29, 1.82) is 5.26 Å². The lowest BCUT2D eigenvalue weighted by atomic mass is 9.95. The van der Waals surface area contributed by atoms with Gasteiger partial charge in [0, 0.05) is 12.6 Å². The second-order valence-electron chi connectivity index (χ2n) is 5.14. The standard InChI is InChI=1S/C13H20N2O/c1-10(9-14)13(16)15-8-4-7-12(15)11-5-2-3-6-11/h10-12H,2-8H2,1H3. The summed E-state index contributed by atoms with van der Waals surface area (Å²) in [7, 11) is 0. The monoisotopic (exact) mass is 220 g/mol. The third-order valence-electron chi connectivity index (χ3n) is 4.09. The summed E-state index contributed by atoms with van der Waals surface area (Å²) in [4.78, 5) is 14.0. The first-order valence-electron chi connectivity index (χ1n) is 6.44. The molecule has 0 bridgehead atoms. The Balaban J connectivity index is 2.03. The Morgan fingerprint density at radius 3 is 2.62 bits per heavy atom. The fourth-order valence-corrected chi connectivity index (χ4v) is 3.20. The molecule has 1 heterocycles. The van der Waals surface area contributed by atoms with Crippen LogP contribution in [0.4, 0.5) is 0 Å². The number of carbonyl (C=O) groups excluding carboxylic acids is 1. The molecule has 3 heteroatoms. The van der Waals surface area contributed by atoms with Crippen LogP contribution in [-0.4, -0.2) is 23.4 Å². The van der Waals surface area contributed by atoms with E-state index in [2.05, 4.69) is 6.07 Å². The molecule has 1 aliphatic carbocycles. The van der Waals surface area contributed by atoms with Gasteiger partial charge in [-0.05, 0) is 38.5 Å². The van der Waals surface area contributed by atoms with Crippen LogP contribution in [-0.2, 0) is 4.79 Å². The summed E-state index contributed by atoms with van der Waals surface area (Å²) in [5, 5.41) is 8.82. The number of hydrogen-bond acceptors (Lipinski definition) is 2. The van der Waals surface area contributed by atoms with E-state index in [1.54, 1.807) is 6.92 Å². The molecule has 0 aromatic carbocycles. The van der Waals surface area contributed by atoms with Crippen molar-refractivity contribution < 1.29 is 4.79 Å². The van der Waals surface area contributed by atoms with E-state index < -0.39 is 5.92 Å². The lowest BCUT2D eigenvalue weighted by Crippen LogP contribution is -2.41. The number of hydrogen-bond donors (Lipinski definition) is 0. The molecule has 16 heavy (non-hydrogen) atoms. The van der Waals surface area contributed by atoms with Gasteiger partial charge < -0.3 is 4.90 Å². The molecule has 2 atom stereocenters. The molecule has 2 unspecified atom stereocenters. The van der Waals surface area contributed by atoms with Crippen molar-refractivity contribution in [3.8, 4) is 6.07 Å². The van der Waals surface area contributed by atoms with Gasteiger partial charge >= 0.3 is 0 Å². The van der Waals surface area contributed by atoms with E-state index in [0.717, 1.165) is 19.4 Å². The topological polar surface area (TPSA) is 44.1 Å². The van der Waals surface area contributed by atoms with E-state index >= 15 is 0 Å². The van der Waals surface area contributed by atoms with Gasteiger partial charge in [0.15, 0.2) is 0 Å². The zero-order valence-corrected chi connectivity index (χ0v) is 9.98. The van der Waals surface area contributed by atoms with Gasteiger partial charge in [0.25, 0.3) is 0 Å². The lowest BCUT2D eigenvalue weighted by Gasteiger charge is -2.30. The molecular formula is C13H20N2O. The summed E-state index contributed by atoms with van der Waals surface area (Å²) in [5.74, 6) is 0.288. The van der Waals surface area contributed by atoms with Crippen LogP contribution in [0.15, 0.2) is 0 Å². The van der Waals surface area contributed by atoms with Gasteiger partial charge in [-0.3, -0.25) is 4.79 Å². The van der Waals surface area contributed by atoms with Crippen LogP contribution in [0.3, 0.4) is 0 Å². The quantitative estimate of drug-likeness (QED) is 0.717. The second-order valence-corrected chi connectivity index (χ2v) is 5.14. The highest BCUT2D eigenvalue weighted by atomic mass is 16.2.